The van der Waals surface area contributed by atoms with Gasteiger partial charge in [0.05, 0.1) is 12.2 Å². The molecule has 1 aliphatic rings. The molecule has 1 aliphatic heterocycles. The summed E-state index contributed by atoms with van der Waals surface area (Å²) in [5, 5.41) is 2.91. The molecule has 1 heterocycles. The molecule has 0 aromatic heterocycles. The van der Waals surface area contributed by atoms with Crippen LogP contribution in [0.15, 0.2) is 48.5 Å². The quantitative estimate of drug-likeness (QED) is 0.816. The number of nitrogens with one attached hydrogen (secondary N) is 1. The van der Waals surface area contributed by atoms with Crippen LogP contribution >= 0.6 is 0 Å². The van der Waals surface area contributed by atoms with Crippen LogP contribution in [0, 0.1) is 6.92 Å². The summed E-state index contributed by atoms with van der Waals surface area (Å²) in [7, 11) is 0. The largest absolute Gasteiger partial charge is 0.462 e. The number of carbonyl (C=O) groups is 2. The Balaban J connectivity index is 1.58. The highest BCUT2D eigenvalue weighted by Gasteiger charge is 2.27. The number of hydrogen-bond donors (Lipinski definition) is 1. The SMILES string of the molecule is CCOC(=O)c1ccc(NC(=O)N2CCN(c3cccc(C)c3)C(C)C2)cc1. The highest BCUT2D eigenvalue weighted by Crippen LogP contribution is 2.22. The second-order valence-corrected chi connectivity index (χ2v) is 7.06. The molecule has 0 saturated carbocycles. The van der Waals surface area contributed by atoms with Crippen LogP contribution in [-0.4, -0.2) is 49.2 Å². The van der Waals surface area contributed by atoms with Crippen molar-refractivity contribution in [3.05, 3.63) is 59.7 Å². The van der Waals surface area contributed by atoms with Crippen LogP contribution in [-0.2, 0) is 4.74 Å². The van der Waals surface area contributed by atoms with Crippen molar-refractivity contribution in [2.75, 3.05) is 36.5 Å². The molecular weight excluding hydrogens is 354 g/mol. The summed E-state index contributed by atoms with van der Waals surface area (Å²) in [5.41, 5.74) is 3.56. The molecule has 1 unspecified atom stereocenters. The predicted octanol–water partition coefficient (Wildman–Crippen LogP) is 3.91. The first-order valence-corrected chi connectivity index (χ1v) is 9.64. The van der Waals surface area contributed by atoms with Gasteiger partial charge in [0, 0.05) is 37.1 Å². The fourth-order valence-corrected chi connectivity index (χ4v) is 3.44. The number of esters is 1. The Hall–Kier alpha value is -3.02. The number of hydrogen-bond acceptors (Lipinski definition) is 4. The number of rotatable bonds is 4. The number of urea groups is 1. The van der Waals surface area contributed by atoms with Crippen molar-refractivity contribution in [2.45, 2.75) is 26.8 Å². The molecule has 3 rings (SSSR count). The lowest BCUT2D eigenvalue weighted by Gasteiger charge is -2.41. The molecule has 6 heteroatoms. The minimum atomic E-state index is -0.360. The molecule has 28 heavy (non-hydrogen) atoms. The van der Waals surface area contributed by atoms with Gasteiger partial charge in [-0.25, -0.2) is 9.59 Å². The molecule has 1 saturated heterocycles. The monoisotopic (exact) mass is 381 g/mol. The van der Waals surface area contributed by atoms with Crippen LogP contribution < -0.4 is 10.2 Å². The van der Waals surface area contributed by atoms with Gasteiger partial charge in [0.1, 0.15) is 0 Å². The standard InChI is InChI=1S/C22H27N3O3/c1-4-28-21(26)18-8-10-19(11-9-18)23-22(27)24-12-13-25(17(3)15-24)20-7-5-6-16(2)14-20/h5-11,14,17H,4,12-13,15H2,1-3H3,(H,23,27). The lowest BCUT2D eigenvalue weighted by molar-refractivity contribution is 0.0526. The molecule has 6 nitrogen and oxygen atoms in total. The molecular formula is C22H27N3O3. The van der Waals surface area contributed by atoms with Gasteiger partial charge in [-0.1, -0.05) is 12.1 Å². The minimum absolute atomic E-state index is 0.125. The highest BCUT2D eigenvalue weighted by molar-refractivity contribution is 5.92. The zero-order chi connectivity index (χ0) is 20.1. The van der Waals surface area contributed by atoms with Crippen LogP contribution in [0.4, 0.5) is 16.2 Å². The zero-order valence-electron chi connectivity index (χ0n) is 16.6. The number of aryl methyl sites for hydroxylation is 1. The lowest BCUT2D eigenvalue weighted by atomic mass is 10.1. The van der Waals surface area contributed by atoms with Gasteiger partial charge in [0.25, 0.3) is 0 Å². The van der Waals surface area contributed by atoms with E-state index >= 15 is 0 Å². The molecule has 2 aromatic rings. The molecule has 1 atom stereocenters. The molecule has 148 valence electrons. The van der Waals surface area contributed by atoms with Crippen molar-refractivity contribution in [2.24, 2.45) is 0 Å². The Morgan fingerprint density at radius 1 is 1.14 bits per heavy atom. The van der Waals surface area contributed by atoms with E-state index in [1.807, 2.05) is 4.90 Å². The van der Waals surface area contributed by atoms with Crippen molar-refractivity contribution in [3.63, 3.8) is 0 Å². The predicted molar refractivity (Wildman–Crippen MR) is 111 cm³/mol. The van der Waals surface area contributed by atoms with Gasteiger partial charge in [-0.15, -0.1) is 0 Å². The smallest absolute Gasteiger partial charge is 0.338 e. The first-order valence-electron chi connectivity index (χ1n) is 9.64. The van der Waals surface area contributed by atoms with E-state index in [9.17, 15) is 9.59 Å². The average Bonchev–Trinajstić information content (AvgIpc) is 2.68. The van der Waals surface area contributed by atoms with E-state index in [2.05, 4.69) is 48.3 Å². The number of ether oxygens (including phenoxy) is 1. The number of anilines is 2. The second kappa shape index (κ2) is 8.78. The maximum absolute atomic E-state index is 12.6. The summed E-state index contributed by atoms with van der Waals surface area (Å²) in [4.78, 5) is 28.5. The van der Waals surface area contributed by atoms with E-state index in [-0.39, 0.29) is 18.0 Å². The molecule has 0 aliphatic carbocycles. The van der Waals surface area contributed by atoms with Gasteiger partial charge in [0.2, 0.25) is 0 Å². The molecule has 0 radical (unpaired) electrons. The summed E-state index contributed by atoms with van der Waals surface area (Å²) in [6.07, 6.45) is 0. The summed E-state index contributed by atoms with van der Waals surface area (Å²) in [5.74, 6) is -0.360. The van der Waals surface area contributed by atoms with Crippen LogP contribution in [0.2, 0.25) is 0 Å². The minimum Gasteiger partial charge on any atom is -0.462 e. The number of carbonyl (C=O) groups excluding carboxylic acids is 2. The third kappa shape index (κ3) is 4.63. The summed E-state index contributed by atoms with van der Waals surface area (Å²) >= 11 is 0. The highest BCUT2D eigenvalue weighted by atomic mass is 16.5. The number of nitrogens with zero attached hydrogens (tertiary/aromatic N) is 2. The van der Waals surface area contributed by atoms with E-state index in [0.717, 1.165) is 6.54 Å². The molecule has 0 spiro atoms. The topological polar surface area (TPSA) is 61.9 Å². The van der Waals surface area contributed by atoms with Gasteiger partial charge in [-0.3, -0.25) is 0 Å². The molecule has 2 amide bonds. The molecule has 1 fully saturated rings. The van der Waals surface area contributed by atoms with Gasteiger partial charge in [-0.2, -0.15) is 0 Å². The van der Waals surface area contributed by atoms with Gasteiger partial charge >= 0.3 is 12.0 Å². The molecule has 2 aromatic carbocycles. The Bertz CT molecular complexity index is 835. The van der Waals surface area contributed by atoms with Crippen molar-refractivity contribution in [3.8, 4) is 0 Å². The maximum Gasteiger partial charge on any atom is 0.338 e. The van der Waals surface area contributed by atoms with E-state index in [1.54, 1.807) is 31.2 Å². The van der Waals surface area contributed by atoms with E-state index in [1.165, 1.54) is 11.3 Å². The van der Waals surface area contributed by atoms with Crippen molar-refractivity contribution in [1.82, 2.24) is 4.90 Å². The Morgan fingerprint density at radius 3 is 2.54 bits per heavy atom. The van der Waals surface area contributed by atoms with Gasteiger partial charge < -0.3 is 19.9 Å². The van der Waals surface area contributed by atoms with Gasteiger partial charge in [-0.05, 0) is 62.7 Å². The maximum atomic E-state index is 12.6. The van der Waals surface area contributed by atoms with E-state index < -0.39 is 0 Å². The normalized spacial score (nSPS) is 16.6. The Kier molecular flexibility index (Phi) is 6.19. The Morgan fingerprint density at radius 2 is 1.89 bits per heavy atom. The second-order valence-electron chi connectivity index (χ2n) is 7.06. The lowest BCUT2D eigenvalue weighted by Crippen LogP contribution is -2.54. The summed E-state index contributed by atoms with van der Waals surface area (Å²) < 4.78 is 4.97. The number of amides is 2. The summed E-state index contributed by atoms with van der Waals surface area (Å²) in [6, 6.07) is 15.3. The molecule has 1 N–H and O–H groups in total. The zero-order valence-corrected chi connectivity index (χ0v) is 16.6. The number of benzene rings is 2. The Labute approximate surface area is 166 Å². The molecule has 0 bridgehead atoms. The fraction of sp³-hybridized carbons (Fsp3) is 0.364. The van der Waals surface area contributed by atoms with E-state index in [0.29, 0.717) is 30.9 Å². The third-order valence-electron chi connectivity index (χ3n) is 4.90. The third-order valence-corrected chi connectivity index (χ3v) is 4.90. The van der Waals surface area contributed by atoms with Crippen LogP contribution in [0.25, 0.3) is 0 Å². The fourth-order valence-electron chi connectivity index (χ4n) is 3.44. The first-order chi connectivity index (χ1) is 13.5. The van der Waals surface area contributed by atoms with E-state index in [4.69, 9.17) is 4.74 Å². The van der Waals surface area contributed by atoms with Crippen LogP contribution in [0.1, 0.15) is 29.8 Å². The van der Waals surface area contributed by atoms with Crippen molar-refractivity contribution < 1.29 is 14.3 Å². The van der Waals surface area contributed by atoms with Crippen LogP contribution in [0.3, 0.4) is 0 Å². The van der Waals surface area contributed by atoms with Crippen LogP contribution in [0.5, 0.6) is 0 Å². The average molecular weight is 381 g/mol. The number of piperazine rings is 1. The van der Waals surface area contributed by atoms with Gasteiger partial charge in [0.15, 0.2) is 0 Å². The summed E-state index contributed by atoms with van der Waals surface area (Å²) in [6.45, 7) is 8.43. The first kappa shape index (κ1) is 19.7. The van der Waals surface area contributed by atoms with Crippen molar-refractivity contribution >= 4 is 23.4 Å². The van der Waals surface area contributed by atoms with Crippen molar-refractivity contribution in [1.29, 1.82) is 0 Å².